The molecule has 0 fully saturated rings. The third-order valence-electron chi connectivity index (χ3n) is 5.56. The van der Waals surface area contributed by atoms with Gasteiger partial charge in [0.05, 0.1) is 11.7 Å². The van der Waals surface area contributed by atoms with E-state index in [1.54, 1.807) is 16.2 Å². The summed E-state index contributed by atoms with van der Waals surface area (Å²) in [4.78, 5) is 30.9. The van der Waals surface area contributed by atoms with Gasteiger partial charge in [0, 0.05) is 15.9 Å². The summed E-state index contributed by atoms with van der Waals surface area (Å²) >= 11 is 5.17. The van der Waals surface area contributed by atoms with Crippen molar-refractivity contribution in [3.8, 4) is 5.75 Å². The molecular formula is C23H19BrN2O3S. The maximum Gasteiger partial charge on any atom is 0.265 e. The molecule has 0 bridgehead atoms. The number of fused-ring (bicyclic) bond motifs is 2. The van der Waals surface area contributed by atoms with Gasteiger partial charge in [-0.3, -0.25) is 14.5 Å². The summed E-state index contributed by atoms with van der Waals surface area (Å²) in [7, 11) is 0. The molecule has 152 valence electrons. The zero-order valence-electron chi connectivity index (χ0n) is 16.1. The van der Waals surface area contributed by atoms with Crippen LogP contribution in [0.3, 0.4) is 0 Å². The molecular weight excluding hydrogens is 464 g/mol. The van der Waals surface area contributed by atoms with E-state index in [-0.39, 0.29) is 31.0 Å². The number of benzene rings is 2. The molecule has 0 aliphatic carbocycles. The summed E-state index contributed by atoms with van der Waals surface area (Å²) in [5.74, 6) is 0.336. The number of hydrogen-bond acceptors (Lipinski definition) is 4. The topological polar surface area (TPSA) is 49.9 Å². The molecule has 5 rings (SSSR count). The van der Waals surface area contributed by atoms with E-state index in [2.05, 4.69) is 39.5 Å². The van der Waals surface area contributed by atoms with Gasteiger partial charge in [-0.1, -0.05) is 46.3 Å². The van der Waals surface area contributed by atoms with Gasteiger partial charge in [0.2, 0.25) is 5.91 Å². The van der Waals surface area contributed by atoms with Crippen molar-refractivity contribution in [3.63, 3.8) is 0 Å². The second kappa shape index (κ2) is 7.89. The number of carbonyl (C=O) groups is 2. The van der Waals surface area contributed by atoms with E-state index in [1.165, 1.54) is 10.4 Å². The lowest BCUT2D eigenvalue weighted by molar-refractivity contribution is -0.133. The maximum atomic E-state index is 13.5. The molecule has 0 spiro atoms. The number of ether oxygens (including phenoxy) is 1. The molecule has 2 aromatic carbocycles. The molecule has 0 N–H and O–H groups in total. The standard InChI is InChI=1S/C23H19BrN2O3S/c24-16-6-7-18-19(12-16)29-14-22(28)26(18)13-21(27)25-10-8-20-17(9-11-30-20)23(25)15-4-2-1-3-5-15/h1-7,9,11-12,23H,8,10,13-14H2. The number of rotatable bonds is 3. The Morgan fingerprint density at radius 3 is 2.83 bits per heavy atom. The van der Waals surface area contributed by atoms with E-state index in [0.717, 1.165) is 16.5 Å². The van der Waals surface area contributed by atoms with E-state index >= 15 is 0 Å². The molecule has 1 aromatic heterocycles. The molecule has 5 nitrogen and oxygen atoms in total. The quantitative estimate of drug-likeness (QED) is 0.555. The molecule has 2 amide bonds. The molecule has 30 heavy (non-hydrogen) atoms. The van der Waals surface area contributed by atoms with Crippen molar-refractivity contribution in [1.82, 2.24) is 4.90 Å². The summed E-state index contributed by atoms with van der Waals surface area (Å²) in [6.07, 6.45) is 0.836. The fraction of sp³-hybridized carbons (Fsp3) is 0.217. The second-order valence-electron chi connectivity index (χ2n) is 7.33. The van der Waals surface area contributed by atoms with Crippen molar-refractivity contribution in [2.45, 2.75) is 12.5 Å². The van der Waals surface area contributed by atoms with Gasteiger partial charge in [-0.25, -0.2) is 0 Å². The van der Waals surface area contributed by atoms with Gasteiger partial charge >= 0.3 is 0 Å². The first kappa shape index (κ1) is 19.3. The molecule has 2 aliphatic heterocycles. The first-order valence-corrected chi connectivity index (χ1v) is 11.4. The summed E-state index contributed by atoms with van der Waals surface area (Å²) < 4.78 is 6.42. The molecule has 1 unspecified atom stereocenters. The highest BCUT2D eigenvalue weighted by Gasteiger charge is 2.35. The minimum Gasteiger partial charge on any atom is -0.482 e. The third-order valence-corrected chi connectivity index (χ3v) is 7.05. The third kappa shape index (κ3) is 3.42. The lowest BCUT2D eigenvalue weighted by Gasteiger charge is -2.38. The minimum atomic E-state index is -0.206. The van der Waals surface area contributed by atoms with E-state index in [9.17, 15) is 9.59 Å². The van der Waals surface area contributed by atoms with Gasteiger partial charge in [0.25, 0.3) is 5.91 Å². The summed E-state index contributed by atoms with van der Waals surface area (Å²) in [5, 5.41) is 2.09. The largest absolute Gasteiger partial charge is 0.482 e. The molecule has 2 aliphatic rings. The molecule has 1 atom stereocenters. The minimum absolute atomic E-state index is 0.000367. The van der Waals surface area contributed by atoms with E-state index in [0.29, 0.717) is 18.0 Å². The Labute approximate surface area is 187 Å². The second-order valence-corrected chi connectivity index (χ2v) is 9.25. The van der Waals surface area contributed by atoms with Crippen molar-refractivity contribution in [2.75, 3.05) is 24.6 Å². The smallest absolute Gasteiger partial charge is 0.265 e. The zero-order chi connectivity index (χ0) is 20.7. The highest BCUT2D eigenvalue weighted by Crippen LogP contribution is 2.39. The van der Waals surface area contributed by atoms with E-state index in [4.69, 9.17) is 4.74 Å². The van der Waals surface area contributed by atoms with Crippen LogP contribution in [0.25, 0.3) is 0 Å². The van der Waals surface area contributed by atoms with Crippen molar-refractivity contribution in [2.24, 2.45) is 0 Å². The Morgan fingerprint density at radius 2 is 2.00 bits per heavy atom. The number of amides is 2. The molecule has 3 heterocycles. The Balaban J connectivity index is 1.47. The Hall–Kier alpha value is -2.64. The maximum absolute atomic E-state index is 13.5. The summed E-state index contributed by atoms with van der Waals surface area (Å²) in [6.45, 7) is 0.574. The summed E-state index contributed by atoms with van der Waals surface area (Å²) in [6, 6.07) is 17.6. The van der Waals surface area contributed by atoms with Crippen LogP contribution in [0.15, 0.2) is 64.5 Å². The van der Waals surface area contributed by atoms with Gasteiger partial charge in [0.1, 0.15) is 12.3 Å². The fourth-order valence-electron chi connectivity index (χ4n) is 4.16. The van der Waals surface area contributed by atoms with Crippen molar-refractivity contribution in [3.05, 3.63) is 80.5 Å². The highest BCUT2D eigenvalue weighted by atomic mass is 79.9. The van der Waals surface area contributed by atoms with Gasteiger partial charge in [0.15, 0.2) is 6.61 Å². The fourth-order valence-corrected chi connectivity index (χ4v) is 5.40. The van der Waals surface area contributed by atoms with Crippen LogP contribution >= 0.6 is 27.3 Å². The Bertz CT molecular complexity index is 1110. The van der Waals surface area contributed by atoms with Gasteiger partial charge in [-0.05, 0) is 47.2 Å². The van der Waals surface area contributed by atoms with Crippen LogP contribution < -0.4 is 9.64 Å². The van der Waals surface area contributed by atoms with E-state index < -0.39 is 0 Å². The predicted molar refractivity (Wildman–Crippen MR) is 120 cm³/mol. The van der Waals surface area contributed by atoms with Crippen LogP contribution in [0, 0.1) is 0 Å². The number of hydrogen-bond donors (Lipinski definition) is 0. The molecule has 3 aromatic rings. The van der Waals surface area contributed by atoms with Crippen LogP contribution in [0.4, 0.5) is 5.69 Å². The van der Waals surface area contributed by atoms with Gasteiger partial charge in [-0.2, -0.15) is 0 Å². The van der Waals surface area contributed by atoms with Gasteiger partial charge < -0.3 is 9.64 Å². The SMILES string of the molecule is O=C1COc2cc(Br)ccc2N1CC(=O)N1CCc2sccc2C1c1ccccc1. The van der Waals surface area contributed by atoms with E-state index in [1.807, 2.05) is 41.3 Å². The zero-order valence-corrected chi connectivity index (χ0v) is 18.5. The van der Waals surface area contributed by atoms with Crippen molar-refractivity contribution >= 4 is 44.8 Å². The van der Waals surface area contributed by atoms with Crippen LogP contribution in [0.1, 0.15) is 22.0 Å². The average molecular weight is 483 g/mol. The van der Waals surface area contributed by atoms with Crippen LogP contribution in [0.5, 0.6) is 5.75 Å². The average Bonchev–Trinajstić information content (AvgIpc) is 3.24. The molecule has 0 saturated carbocycles. The molecule has 0 radical (unpaired) electrons. The number of nitrogens with zero attached hydrogens (tertiary/aromatic N) is 2. The number of halogens is 1. The van der Waals surface area contributed by atoms with Crippen molar-refractivity contribution in [1.29, 1.82) is 0 Å². The summed E-state index contributed by atoms with van der Waals surface area (Å²) in [5.41, 5.74) is 2.90. The lowest BCUT2D eigenvalue weighted by Crippen LogP contribution is -2.49. The normalized spacial score (nSPS) is 17.9. The monoisotopic (exact) mass is 482 g/mol. The highest BCUT2D eigenvalue weighted by molar-refractivity contribution is 9.10. The predicted octanol–water partition coefficient (Wildman–Crippen LogP) is 4.41. The number of thiophene rings is 1. The molecule has 0 saturated heterocycles. The first-order chi connectivity index (χ1) is 14.6. The lowest BCUT2D eigenvalue weighted by atomic mass is 9.93. The molecule has 7 heteroatoms. The number of carbonyl (C=O) groups excluding carboxylic acids is 2. The number of anilines is 1. The van der Waals surface area contributed by atoms with Crippen LogP contribution in [-0.4, -0.2) is 36.4 Å². The van der Waals surface area contributed by atoms with Crippen LogP contribution in [0.2, 0.25) is 0 Å². The van der Waals surface area contributed by atoms with Gasteiger partial charge in [-0.15, -0.1) is 11.3 Å². The Kier molecular flexibility index (Phi) is 5.08. The van der Waals surface area contributed by atoms with Crippen LogP contribution in [-0.2, 0) is 16.0 Å². The first-order valence-electron chi connectivity index (χ1n) is 9.75. The Morgan fingerprint density at radius 1 is 1.17 bits per heavy atom. The van der Waals surface area contributed by atoms with Crippen molar-refractivity contribution < 1.29 is 14.3 Å².